The fraction of sp³-hybridized carbons (Fsp3) is 0.176. The molecule has 4 rings (SSSR count). The van der Waals surface area contributed by atoms with Crippen molar-refractivity contribution in [2.24, 2.45) is 0 Å². The summed E-state index contributed by atoms with van der Waals surface area (Å²) >= 11 is 0. The number of aryl methyl sites for hydroxylation is 2. The molecule has 0 radical (unpaired) electrons. The van der Waals surface area contributed by atoms with Crippen LogP contribution in [0, 0.1) is 0 Å². The molecule has 0 fully saturated rings. The minimum Gasteiger partial charge on any atom is -0.361 e. The molecule has 0 atom stereocenters. The van der Waals surface area contributed by atoms with Gasteiger partial charge in [0, 0.05) is 22.7 Å². The number of fused-ring (bicyclic) bond motifs is 2. The lowest BCUT2D eigenvalue weighted by Gasteiger charge is -2.04. The van der Waals surface area contributed by atoms with Crippen molar-refractivity contribution < 1.29 is 0 Å². The number of hydrogen-bond acceptors (Lipinski definition) is 0. The molecule has 0 saturated carbocycles. The molecule has 0 aliphatic heterocycles. The third kappa shape index (κ3) is 1.40. The third-order valence-electron chi connectivity index (χ3n) is 4.00. The van der Waals surface area contributed by atoms with Crippen LogP contribution in [0.2, 0.25) is 0 Å². The lowest BCUT2D eigenvalue weighted by Crippen LogP contribution is -1.83. The van der Waals surface area contributed by atoms with Crippen molar-refractivity contribution in [3.63, 3.8) is 0 Å². The first-order chi connectivity index (χ1) is 8.92. The van der Waals surface area contributed by atoms with Crippen LogP contribution in [-0.2, 0) is 12.8 Å². The zero-order valence-corrected chi connectivity index (χ0v) is 10.2. The number of H-pyrrole nitrogens is 1. The molecule has 3 aromatic rings. The van der Waals surface area contributed by atoms with E-state index in [1.54, 1.807) is 5.56 Å². The van der Waals surface area contributed by atoms with Crippen molar-refractivity contribution in [3.05, 3.63) is 59.8 Å². The summed E-state index contributed by atoms with van der Waals surface area (Å²) in [4.78, 5) is 3.35. The minimum atomic E-state index is 1.22. The highest BCUT2D eigenvalue weighted by Gasteiger charge is 2.12. The summed E-state index contributed by atoms with van der Waals surface area (Å²) in [5, 5.41) is 1.32. The summed E-state index contributed by atoms with van der Waals surface area (Å²) in [5.41, 5.74) is 6.96. The van der Waals surface area contributed by atoms with E-state index in [2.05, 4.69) is 53.6 Å². The molecular formula is C17H15N. The van der Waals surface area contributed by atoms with Crippen LogP contribution in [0.25, 0.3) is 22.0 Å². The van der Waals surface area contributed by atoms with E-state index in [1.165, 1.54) is 46.9 Å². The monoisotopic (exact) mass is 233 g/mol. The third-order valence-corrected chi connectivity index (χ3v) is 4.00. The van der Waals surface area contributed by atoms with E-state index in [-0.39, 0.29) is 0 Å². The van der Waals surface area contributed by atoms with E-state index < -0.39 is 0 Å². The van der Waals surface area contributed by atoms with Gasteiger partial charge in [0.1, 0.15) is 0 Å². The summed E-state index contributed by atoms with van der Waals surface area (Å²) in [6.45, 7) is 0. The molecule has 1 N–H and O–H groups in total. The number of aromatic nitrogens is 1. The molecule has 1 aromatic heterocycles. The normalized spacial score (nSPS) is 14.0. The summed E-state index contributed by atoms with van der Waals surface area (Å²) < 4.78 is 0. The molecule has 0 bridgehead atoms. The van der Waals surface area contributed by atoms with Gasteiger partial charge in [0.15, 0.2) is 0 Å². The van der Waals surface area contributed by atoms with Gasteiger partial charge in [-0.1, -0.05) is 36.4 Å². The zero-order chi connectivity index (χ0) is 11.9. The standard InChI is InChI=1S/C17H15N/c1-2-7-17-15(6-1)16(11-18-17)14-9-8-12-4-3-5-13(12)10-14/h1-2,6-11,18H,3-5H2. The molecule has 88 valence electrons. The predicted octanol–water partition coefficient (Wildman–Crippen LogP) is 4.32. The molecule has 1 heterocycles. The second-order valence-corrected chi connectivity index (χ2v) is 5.08. The van der Waals surface area contributed by atoms with E-state index in [0.717, 1.165) is 0 Å². The maximum atomic E-state index is 3.35. The highest BCUT2D eigenvalue weighted by molar-refractivity contribution is 5.95. The first-order valence-corrected chi connectivity index (χ1v) is 6.60. The molecule has 0 saturated heterocycles. The Labute approximate surface area is 106 Å². The molecule has 0 amide bonds. The highest BCUT2D eigenvalue weighted by atomic mass is 14.7. The van der Waals surface area contributed by atoms with Gasteiger partial charge >= 0.3 is 0 Å². The van der Waals surface area contributed by atoms with Gasteiger partial charge in [0.2, 0.25) is 0 Å². The summed E-state index contributed by atoms with van der Waals surface area (Å²) in [5.74, 6) is 0. The first kappa shape index (κ1) is 9.95. The highest BCUT2D eigenvalue weighted by Crippen LogP contribution is 2.32. The van der Waals surface area contributed by atoms with Crippen LogP contribution in [0.4, 0.5) is 0 Å². The molecule has 2 aromatic carbocycles. The van der Waals surface area contributed by atoms with Crippen molar-refractivity contribution in [2.75, 3.05) is 0 Å². The largest absolute Gasteiger partial charge is 0.361 e. The van der Waals surface area contributed by atoms with Gasteiger partial charge in [0.25, 0.3) is 0 Å². The summed E-state index contributed by atoms with van der Waals surface area (Å²) in [6.07, 6.45) is 5.93. The number of nitrogens with one attached hydrogen (secondary N) is 1. The van der Waals surface area contributed by atoms with Crippen LogP contribution in [0.15, 0.2) is 48.7 Å². The summed E-state index contributed by atoms with van der Waals surface area (Å²) in [7, 11) is 0. The average molecular weight is 233 g/mol. The van der Waals surface area contributed by atoms with Crippen molar-refractivity contribution in [1.29, 1.82) is 0 Å². The zero-order valence-electron chi connectivity index (χ0n) is 10.2. The van der Waals surface area contributed by atoms with Gasteiger partial charge in [0.05, 0.1) is 0 Å². The van der Waals surface area contributed by atoms with Gasteiger partial charge in [-0.05, 0) is 42.0 Å². The minimum absolute atomic E-state index is 1.22. The van der Waals surface area contributed by atoms with Crippen LogP contribution in [0.5, 0.6) is 0 Å². The Morgan fingerprint density at radius 1 is 0.889 bits per heavy atom. The SMILES string of the molecule is c1ccc2c(-c3ccc4c(c3)CCC4)c[nH]c2c1. The fourth-order valence-electron chi connectivity index (χ4n) is 3.05. The van der Waals surface area contributed by atoms with Crippen LogP contribution in [-0.4, -0.2) is 4.98 Å². The van der Waals surface area contributed by atoms with Crippen LogP contribution in [0.1, 0.15) is 17.5 Å². The van der Waals surface area contributed by atoms with E-state index in [9.17, 15) is 0 Å². The van der Waals surface area contributed by atoms with E-state index in [0.29, 0.717) is 0 Å². The predicted molar refractivity (Wildman–Crippen MR) is 75.8 cm³/mol. The number of aromatic amines is 1. The maximum Gasteiger partial charge on any atom is 0.0460 e. The lowest BCUT2D eigenvalue weighted by molar-refractivity contribution is 0.912. The van der Waals surface area contributed by atoms with Crippen molar-refractivity contribution in [2.45, 2.75) is 19.3 Å². The van der Waals surface area contributed by atoms with Gasteiger partial charge in [-0.3, -0.25) is 0 Å². The molecule has 1 aliphatic rings. The van der Waals surface area contributed by atoms with Gasteiger partial charge in [-0.2, -0.15) is 0 Å². The molecule has 0 spiro atoms. The van der Waals surface area contributed by atoms with E-state index in [1.807, 2.05) is 0 Å². The maximum absolute atomic E-state index is 3.35. The van der Waals surface area contributed by atoms with Crippen molar-refractivity contribution >= 4 is 10.9 Å². The second kappa shape index (κ2) is 3.74. The average Bonchev–Trinajstić information content (AvgIpc) is 3.04. The molecule has 1 aliphatic carbocycles. The topological polar surface area (TPSA) is 15.8 Å². The molecule has 18 heavy (non-hydrogen) atoms. The Morgan fingerprint density at radius 3 is 2.78 bits per heavy atom. The fourth-order valence-corrected chi connectivity index (χ4v) is 3.05. The number of benzene rings is 2. The number of para-hydroxylation sites is 1. The van der Waals surface area contributed by atoms with E-state index >= 15 is 0 Å². The quantitative estimate of drug-likeness (QED) is 0.644. The molecule has 1 heteroatoms. The van der Waals surface area contributed by atoms with Crippen molar-refractivity contribution in [3.8, 4) is 11.1 Å². The smallest absolute Gasteiger partial charge is 0.0460 e. The Kier molecular flexibility index (Phi) is 2.07. The Balaban J connectivity index is 1.92. The van der Waals surface area contributed by atoms with Crippen molar-refractivity contribution in [1.82, 2.24) is 4.98 Å². The lowest BCUT2D eigenvalue weighted by atomic mass is 10.0. The second-order valence-electron chi connectivity index (χ2n) is 5.08. The van der Waals surface area contributed by atoms with Crippen LogP contribution >= 0.6 is 0 Å². The first-order valence-electron chi connectivity index (χ1n) is 6.60. The number of rotatable bonds is 1. The van der Waals surface area contributed by atoms with Crippen LogP contribution < -0.4 is 0 Å². The Bertz CT molecular complexity index is 721. The van der Waals surface area contributed by atoms with Gasteiger partial charge < -0.3 is 4.98 Å². The molecular weight excluding hydrogens is 218 g/mol. The van der Waals surface area contributed by atoms with Crippen LogP contribution in [0.3, 0.4) is 0 Å². The summed E-state index contributed by atoms with van der Waals surface area (Å²) in [6, 6.07) is 15.4. The van der Waals surface area contributed by atoms with Gasteiger partial charge in [-0.25, -0.2) is 0 Å². The van der Waals surface area contributed by atoms with Gasteiger partial charge in [-0.15, -0.1) is 0 Å². The number of hydrogen-bond donors (Lipinski definition) is 1. The Hall–Kier alpha value is -2.02. The molecule has 0 unspecified atom stereocenters. The molecule has 1 nitrogen and oxygen atoms in total. The Morgan fingerprint density at radius 2 is 1.78 bits per heavy atom. The van der Waals surface area contributed by atoms with E-state index in [4.69, 9.17) is 0 Å².